The number of guanidine groups is 1. The van der Waals surface area contributed by atoms with Gasteiger partial charge in [-0.2, -0.15) is 4.31 Å². The summed E-state index contributed by atoms with van der Waals surface area (Å²) in [5.74, 6) is 1.92. The molecule has 2 rings (SSSR count). The lowest BCUT2D eigenvalue weighted by Crippen LogP contribution is -2.42. The van der Waals surface area contributed by atoms with E-state index in [0.717, 1.165) is 11.5 Å². The Kier molecular flexibility index (Phi) is 7.18. The van der Waals surface area contributed by atoms with Gasteiger partial charge in [0.1, 0.15) is 16.5 Å². The molecule has 0 radical (unpaired) electrons. The van der Waals surface area contributed by atoms with E-state index in [0.29, 0.717) is 42.2 Å². The van der Waals surface area contributed by atoms with Crippen LogP contribution in [0.4, 0.5) is 0 Å². The molecule has 0 saturated heterocycles. The molecule has 10 heteroatoms. The van der Waals surface area contributed by atoms with Crippen LogP contribution in [-0.2, 0) is 16.6 Å². The number of nitrogens with zero attached hydrogens (tertiary/aromatic N) is 3. The minimum absolute atomic E-state index is 0.313. The highest BCUT2D eigenvalue weighted by molar-refractivity contribution is 7.91. The summed E-state index contributed by atoms with van der Waals surface area (Å²) >= 11 is 1.21. The average molecular weight is 400 g/mol. The van der Waals surface area contributed by atoms with E-state index >= 15 is 0 Å². The number of aliphatic imine (C=N–C) groups is 1. The Morgan fingerprint density at radius 3 is 2.73 bits per heavy atom. The molecular formula is C16H25N5O3S2. The third-order valence-corrected chi connectivity index (χ3v) is 6.90. The van der Waals surface area contributed by atoms with Gasteiger partial charge < -0.3 is 15.1 Å². The van der Waals surface area contributed by atoms with Crippen LogP contribution in [0, 0.1) is 13.8 Å². The SMILES string of the molecule is CCNC(=NCc1nc(C)c(C)o1)NCCN(C)S(=O)(=O)c1cccs1. The number of oxazole rings is 1. The minimum Gasteiger partial charge on any atom is -0.444 e. The zero-order valence-corrected chi connectivity index (χ0v) is 17.1. The van der Waals surface area contributed by atoms with Crippen LogP contribution >= 0.6 is 11.3 Å². The largest absolute Gasteiger partial charge is 0.444 e. The van der Waals surface area contributed by atoms with Crippen molar-refractivity contribution in [2.24, 2.45) is 4.99 Å². The van der Waals surface area contributed by atoms with Crippen molar-refractivity contribution in [3.63, 3.8) is 0 Å². The molecule has 0 bridgehead atoms. The van der Waals surface area contributed by atoms with E-state index in [1.807, 2.05) is 20.8 Å². The fourth-order valence-corrected chi connectivity index (χ4v) is 4.48. The Labute approximate surface area is 158 Å². The molecule has 2 aromatic rings. The molecule has 0 amide bonds. The Hall–Kier alpha value is -1.91. The first-order valence-electron chi connectivity index (χ1n) is 8.29. The second-order valence-corrected chi connectivity index (χ2v) is 8.85. The monoisotopic (exact) mass is 399 g/mol. The number of likely N-dealkylation sites (N-methyl/N-ethyl adjacent to an activating group) is 1. The van der Waals surface area contributed by atoms with Crippen molar-refractivity contribution < 1.29 is 12.8 Å². The molecule has 0 unspecified atom stereocenters. The molecule has 2 aromatic heterocycles. The van der Waals surface area contributed by atoms with Crippen LogP contribution in [0.25, 0.3) is 0 Å². The van der Waals surface area contributed by atoms with E-state index in [4.69, 9.17) is 4.42 Å². The van der Waals surface area contributed by atoms with Gasteiger partial charge in [-0.05, 0) is 32.2 Å². The highest BCUT2D eigenvalue weighted by atomic mass is 32.2. The molecule has 0 spiro atoms. The highest BCUT2D eigenvalue weighted by Gasteiger charge is 2.21. The zero-order valence-electron chi connectivity index (χ0n) is 15.4. The van der Waals surface area contributed by atoms with Crippen molar-refractivity contribution in [3.8, 4) is 0 Å². The summed E-state index contributed by atoms with van der Waals surface area (Å²) in [6, 6.07) is 3.33. The molecule has 2 heterocycles. The zero-order chi connectivity index (χ0) is 19.2. The van der Waals surface area contributed by atoms with E-state index in [1.54, 1.807) is 24.6 Å². The second-order valence-electron chi connectivity index (χ2n) is 5.63. The van der Waals surface area contributed by atoms with Crippen LogP contribution < -0.4 is 10.6 Å². The normalized spacial score (nSPS) is 12.6. The maximum absolute atomic E-state index is 12.4. The molecule has 0 saturated carbocycles. The first kappa shape index (κ1) is 20.4. The molecule has 0 fully saturated rings. The van der Waals surface area contributed by atoms with Gasteiger partial charge in [-0.1, -0.05) is 6.07 Å². The average Bonchev–Trinajstić information content (AvgIpc) is 3.23. The minimum atomic E-state index is -3.44. The third-order valence-electron chi connectivity index (χ3n) is 3.67. The Balaban J connectivity index is 1.90. The standard InChI is InChI=1S/C16H25N5O3S2/c1-5-17-16(19-11-14-20-12(2)13(3)24-14)18-8-9-21(4)26(22,23)15-7-6-10-25-15/h6-7,10H,5,8-9,11H2,1-4H3,(H2,17,18,19). The lowest BCUT2D eigenvalue weighted by Gasteiger charge is -2.17. The molecule has 0 atom stereocenters. The van der Waals surface area contributed by atoms with Crippen molar-refractivity contribution in [3.05, 3.63) is 34.9 Å². The number of hydrogen-bond donors (Lipinski definition) is 2. The van der Waals surface area contributed by atoms with Gasteiger partial charge in [0.05, 0.1) is 5.69 Å². The van der Waals surface area contributed by atoms with Crippen molar-refractivity contribution in [2.45, 2.75) is 31.5 Å². The van der Waals surface area contributed by atoms with Crippen molar-refractivity contribution in [1.29, 1.82) is 0 Å². The number of nitrogens with one attached hydrogen (secondary N) is 2. The molecule has 2 N–H and O–H groups in total. The van der Waals surface area contributed by atoms with Crippen molar-refractivity contribution >= 4 is 27.3 Å². The van der Waals surface area contributed by atoms with Gasteiger partial charge in [-0.25, -0.2) is 18.4 Å². The maximum atomic E-state index is 12.4. The van der Waals surface area contributed by atoms with Crippen LogP contribution in [0.2, 0.25) is 0 Å². The van der Waals surface area contributed by atoms with E-state index in [9.17, 15) is 8.42 Å². The summed E-state index contributed by atoms with van der Waals surface area (Å²) < 4.78 is 31.9. The summed E-state index contributed by atoms with van der Waals surface area (Å²) in [6.07, 6.45) is 0. The number of thiophene rings is 1. The van der Waals surface area contributed by atoms with Gasteiger partial charge in [0, 0.05) is 26.7 Å². The molecule has 26 heavy (non-hydrogen) atoms. The summed E-state index contributed by atoms with van der Waals surface area (Å²) in [4.78, 5) is 8.72. The van der Waals surface area contributed by atoms with Crippen molar-refractivity contribution in [1.82, 2.24) is 19.9 Å². The lowest BCUT2D eigenvalue weighted by atomic mass is 10.4. The predicted molar refractivity (Wildman–Crippen MR) is 103 cm³/mol. The number of hydrogen-bond acceptors (Lipinski definition) is 6. The summed E-state index contributed by atoms with van der Waals surface area (Å²) in [5.41, 5.74) is 0.855. The first-order chi connectivity index (χ1) is 12.3. The Bertz CT molecular complexity index is 809. The Morgan fingerprint density at radius 1 is 1.38 bits per heavy atom. The molecular weight excluding hydrogens is 374 g/mol. The van der Waals surface area contributed by atoms with Gasteiger partial charge in [0.2, 0.25) is 5.89 Å². The van der Waals surface area contributed by atoms with Crippen LogP contribution in [0.5, 0.6) is 0 Å². The van der Waals surface area contributed by atoms with Crippen LogP contribution in [0.15, 0.2) is 31.1 Å². The van der Waals surface area contributed by atoms with Crippen LogP contribution in [0.1, 0.15) is 24.3 Å². The van der Waals surface area contributed by atoms with Crippen LogP contribution in [-0.4, -0.2) is 50.3 Å². The van der Waals surface area contributed by atoms with Crippen molar-refractivity contribution in [2.75, 3.05) is 26.7 Å². The quantitative estimate of drug-likeness (QED) is 0.518. The van der Waals surface area contributed by atoms with Gasteiger partial charge in [0.25, 0.3) is 10.0 Å². The predicted octanol–water partition coefficient (Wildman–Crippen LogP) is 1.73. The molecule has 0 aliphatic heterocycles. The topological polar surface area (TPSA) is 99.8 Å². The Morgan fingerprint density at radius 2 is 2.15 bits per heavy atom. The van der Waals surface area contributed by atoms with E-state index < -0.39 is 10.0 Å². The number of sulfonamides is 1. The summed E-state index contributed by atoms with van der Waals surface area (Å²) in [5, 5.41) is 8.00. The second kappa shape index (κ2) is 9.15. The van der Waals surface area contributed by atoms with Gasteiger partial charge in [0.15, 0.2) is 5.96 Å². The van der Waals surface area contributed by atoms with Gasteiger partial charge in [-0.15, -0.1) is 11.3 Å². The van der Waals surface area contributed by atoms with Crippen LogP contribution in [0.3, 0.4) is 0 Å². The molecule has 0 aromatic carbocycles. The molecule has 8 nitrogen and oxygen atoms in total. The van der Waals surface area contributed by atoms with Gasteiger partial charge in [-0.3, -0.25) is 0 Å². The van der Waals surface area contributed by atoms with E-state index in [-0.39, 0.29) is 0 Å². The van der Waals surface area contributed by atoms with Gasteiger partial charge >= 0.3 is 0 Å². The summed E-state index contributed by atoms with van der Waals surface area (Å²) in [7, 11) is -1.87. The first-order valence-corrected chi connectivity index (χ1v) is 10.6. The maximum Gasteiger partial charge on any atom is 0.252 e. The smallest absolute Gasteiger partial charge is 0.252 e. The molecule has 144 valence electrons. The highest BCUT2D eigenvalue weighted by Crippen LogP contribution is 2.19. The molecule has 0 aliphatic rings. The van der Waals surface area contributed by atoms with E-state index in [1.165, 1.54) is 15.6 Å². The van der Waals surface area contributed by atoms with E-state index in [2.05, 4.69) is 20.6 Å². The molecule has 0 aliphatic carbocycles. The lowest BCUT2D eigenvalue weighted by molar-refractivity contribution is 0.469. The number of rotatable bonds is 8. The fraction of sp³-hybridized carbons (Fsp3) is 0.500. The number of aromatic nitrogens is 1. The summed E-state index contributed by atoms with van der Waals surface area (Å²) in [6.45, 7) is 7.47. The fourth-order valence-electron chi connectivity index (χ4n) is 2.11. The number of aryl methyl sites for hydroxylation is 2. The third kappa shape index (κ3) is 5.29.